The molecule has 2 bridgehead atoms. The number of benzene rings is 1. The van der Waals surface area contributed by atoms with Gasteiger partial charge < -0.3 is 9.32 Å². The van der Waals surface area contributed by atoms with Gasteiger partial charge in [-0.1, -0.05) is 18.2 Å². The van der Waals surface area contributed by atoms with Gasteiger partial charge in [-0.3, -0.25) is 5.43 Å². The second-order valence-electron chi connectivity index (χ2n) is 7.23. The molecule has 3 fully saturated rings. The van der Waals surface area contributed by atoms with Gasteiger partial charge in [0.25, 0.3) is 5.89 Å². The van der Waals surface area contributed by atoms with Crippen LogP contribution in [-0.2, 0) is 0 Å². The van der Waals surface area contributed by atoms with Crippen LogP contribution in [0.15, 0.2) is 39.9 Å². The molecule has 3 aliphatic carbocycles. The third kappa shape index (κ3) is 1.92. The Kier molecular flexibility index (Phi) is 2.96. The van der Waals surface area contributed by atoms with Gasteiger partial charge in [0.15, 0.2) is 0 Å². The minimum atomic E-state index is -0.0577. The van der Waals surface area contributed by atoms with E-state index in [-0.39, 0.29) is 5.66 Å². The predicted octanol–water partition coefficient (Wildman–Crippen LogP) is 2.84. The zero-order chi connectivity index (χ0) is 16.1. The van der Waals surface area contributed by atoms with E-state index in [0.717, 1.165) is 23.7 Å². The summed E-state index contributed by atoms with van der Waals surface area (Å²) in [6, 6.07) is 9.84. The van der Waals surface area contributed by atoms with Crippen molar-refractivity contribution in [2.24, 2.45) is 16.9 Å². The number of hydrogen-bond donors (Lipinski definition) is 1. The lowest BCUT2D eigenvalue weighted by Gasteiger charge is -2.52. The fraction of sp³-hybridized carbons (Fsp3) is 0.500. The fourth-order valence-corrected chi connectivity index (χ4v) is 4.69. The first-order chi connectivity index (χ1) is 11.8. The van der Waals surface area contributed by atoms with Crippen molar-refractivity contribution in [3.8, 4) is 11.5 Å². The molecule has 6 nitrogen and oxygen atoms in total. The maximum atomic E-state index is 5.90. The Labute approximate surface area is 140 Å². The summed E-state index contributed by atoms with van der Waals surface area (Å²) in [7, 11) is 2.10. The Morgan fingerprint density at radius 2 is 1.83 bits per heavy atom. The molecule has 6 rings (SSSR count). The summed E-state index contributed by atoms with van der Waals surface area (Å²) in [6.07, 6.45) is 6.43. The number of fused-ring (bicyclic) bond motifs is 2. The maximum Gasteiger partial charge on any atom is 0.285 e. The van der Waals surface area contributed by atoms with E-state index in [2.05, 4.69) is 32.7 Å². The largest absolute Gasteiger partial charge is 0.413 e. The van der Waals surface area contributed by atoms with Crippen molar-refractivity contribution in [2.75, 3.05) is 7.05 Å². The van der Waals surface area contributed by atoms with Crippen molar-refractivity contribution in [1.29, 1.82) is 0 Å². The molecule has 2 aromatic rings. The van der Waals surface area contributed by atoms with Crippen LogP contribution < -0.4 is 5.43 Å². The highest BCUT2D eigenvalue weighted by Gasteiger charge is 2.54. The smallest absolute Gasteiger partial charge is 0.285 e. The van der Waals surface area contributed by atoms with Gasteiger partial charge in [-0.15, -0.1) is 10.2 Å². The summed E-state index contributed by atoms with van der Waals surface area (Å²) in [6.45, 7) is 0. The number of nitrogens with zero attached hydrogens (tertiary/aromatic N) is 4. The van der Waals surface area contributed by atoms with Gasteiger partial charge in [-0.2, -0.15) is 5.10 Å². The number of amidine groups is 1. The van der Waals surface area contributed by atoms with E-state index in [1.54, 1.807) is 0 Å². The summed E-state index contributed by atoms with van der Waals surface area (Å²) in [5, 5.41) is 13.0. The summed E-state index contributed by atoms with van der Waals surface area (Å²) in [4.78, 5) is 2.24. The van der Waals surface area contributed by atoms with E-state index >= 15 is 0 Å². The van der Waals surface area contributed by atoms with Gasteiger partial charge in [0.05, 0.1) is 0 Å². The van der Waals surface area contributed by atoms with Crippen LogP contribution in [0.25, 0.3) is 11.5 Å². The third-order valence-electron chi connectivity index (χ3n) is 6.03. The lowest BCUT2D eigenvalue weighted by atomic mass is 9.64. The highest BCUT2D eigenvalue weighted by molar-refractivity contribution is 5.96. The van der Waals surface area contributed by atoms with Crippen molar-refractivity contribution < 1.29 is 4.42 Å². The molecule has 1 atom stereocenters. The van der Waals surface area contributed by atoms with Gasteiger partial charge in [0.1, 0.15) is 5.66 Å². The average molecular weight is 323 g/mol. The van der Waals surface area contributed by atoms with Crippen LogP contribution in [-0.4, -0.2) is 33.6 Å². The molecule has 24 heavy (non-hydrogen) atoms. The molecular formula is C18H21N5O. The van der Waals surface area contributed by atoms with Crippen molar-refractivity contribution in [3.63, 3.8) is 0 Å². The molecule has 1 spiro atoms. The van der Waals surface area contributed by atoms with Crippen molar-refractivity contribution in [3.05, 3.63) is 36.2 Å². The highest BCUT2D eigenvalue weighted by atomic mass is 16.4. The summed E-state index contributed by atoms with van der Waals surface area (Å²) in [5.41, 5.74) is 4.31. The highest BCUT2D eigenvalue weighted by Crippen LogP contribution is 2.50. The summed E-state index contributed by atoms with van der Waals surface area (Å²) >= 11 is 0. The van der Waals surface area contributed by atoms with Gasteiger partial charge in [-0.25, -0.2) is 0 Å². The monoisotopic (exact) mass is 323 g/mol. The molecule has 0 amide bonds. The number of aromatic nitrogens is 2. The molecule has 0 radical (unpaired) electrons. The van der Waals surface area contributed by atoms with Crippen LogP contribution >= 0.6 is 0 Å². The molecule has 0 unspecified atom stereocenters. The van der Waals surface area contributed by atoms with Crippen LogP contribution in [0.5, 0.6) is 0 Å². The minimum absolute atomic E-state index is 0.0577. The Balaban J connectivity index is 1.44. The number of hydrogen-bond acceptors (Lipinski definition) is 6. The lowest BCUT2D eigenvalue weighted by Crippen LogP contribution is -2.62. The SMILES string of the molecule is CN1C(c2nnc(-c3ccccc3)o2)=NN[C@@]12CC1CCC2CC1. The zero-order valence-corrected chi connectivity index (χ0v) is 13.8. The molecule has 3 saturated carbocycles. The van der Waals surface area contributed by atoms with E-state index in [0.29, 0.717) is 17.7 Å². The second-order valence-corrected chi connectivity index (χ2v) is 7.23. The first-order valence-corrected chi connectivity index (χ1v) is 8.74. The van der Waals surface area contributed by atoms with Gasteiger partial charge in [0, 0.05) is 18.5 Å². The molecule has 6 heteroatoms. The lowest BCUT2D eigenvalue weighted by molar-refractivity contribution is -0.0200. The minimum Gasteiger partial charge on any atom is -0.413 e. The van der Waals surface area contributed by atoms with Crippen LogP contribution in [0.3, 0.4) is 0 Å². The van der Waals surface area contributed by atoms with E-state index in [4.69, 9.17) is 4.42 Å². The third-order valence-corrected chi connectivity index (χ3v) is 6.03. The molecule has 1 N–H and O–H groups in total. The number of hydrazone groups is 1. The van der Waals surface area contributed by atoms with Crippen LogP contribution in [0.1, 0.15) is 38.0 Å². The molecule has 0 saturated heterocycles. The van der Waals surface area contributed by atoms with Crippen molar-refractivity contribution in [1.82, 2.24) is 20.5 Å². The van der Waals surface area contributed by atoms with E-state index < -0.39 is 0 Å². The Bertz CT molecular complexity index is 778. The second kappa shape index (κ2) is 5.06. The van der Waals surface area contributed by atoms with Crippen LogP contribution in [0.2, 0.25) is 0 Å². The van der Waals surface area contributed by atoms with E-state index in [1.807, 2.05) is 30.3 Å². The first kappa shape index (κ1) is 14.0. The Hall–Kier alpha value is -2.37. The summed E-state index contributed by atoms with van der Waals surface area (Å²) < 4.78 is 5.90. The van der Waals surface area contributed by atoms with E-state index in [1.165, 1.54) is 25.7 Å². The van der Waals surface area contributed by atoms with Gasteiger partial charge >= 0.3 is 0 Å². The van der Waals surface area contributed by atoms with Crippen molar-refractivity contribution in [2.45, 2.75) is 37.8 Å². The number of nitrogens with one attached hydrogen (secondary N) is 1. The Morgan fingerprint density at radius 3 is 2.54 bits per heavy atom. The molecule has 1 aromatic heterocycles. The quantitative estimate of drug-likeness (QED) is 0.920. The Morgan fingerprint density at radius 1 is 1.08 bits per heavy atom. The van der Waals surface area contributed by atoms with E-state index in [9.17, 15) is 0 Å². The van der Waals surface area contributed by atoms with Crippen LogP contribution in [0, 0.1) is 11.8 Å². The topological polar surface area (TPSA) is 66.5 Å². The zero-order valence-electron chi connectivity index (χ0n) is 13.8. The van der Waals surface area contributed by atoms with Crippen molar-refractivity contribution >= 4 is 5.84 Å². The number of rotatable bonds is 2. The molecule has 4 aliphatic rings. The molecule has 2 heterocycles. The molecule has 1 aliphatic heterocycles. The molecule has 124 valence electrons. The predicted molar refractivity (Wildman–Crippen MR) is 90.0 cm³/mol. The summed E-state index contributed by atoms with van der Waals surface area (Å²) in [5.74, 6) is 3.24. The standard InChI is InChI=1S/C18H21N5O/c1-23-15(17-21-20-16(24-17)13-5-3-2-4-6-13)19-22-18(23)11-12-7-9-14(18)10-8-12/h2-6,12,14,22H,7-11H2,1H3/t12?,14?,18-/m0/s1. The maximum absolute atomic E-state index is 5.90. The average Bonchev–Trinajstić information content (AvgIpc) is 3.24. The molecular weight excluding hydrogens is 302 g/mol. The molecule has 1 aromatic carbocycles. The first-order valence-electron chi connectivity index (χ1n) is 8.74. The fourth-order valence-electron chi connectivity index (χ4n) is 4.69. The van der Waals surface area contributed by atoms with Gasteiger partial charge in [0.2, 0.25) is 11.7 Å². The normalized spacial score (nSPS) is 31.4. The van der Waals surface area contributed by atoms with Crippen LogP contribution in [0.4, 0.5) is 0 Å². The van der Waals surface area contributed by atoms with Gasteiger partial charge in [-0.05, 0) is 50.2 Å².